The topological polar surface area (TPSA) is 55.2 Å². The monoisotopic (exact) mass is 343 g/mol. The number of amides is 1. The van der Waals surface area contributed by atoms with E-state index in [2.05, 4.69) is 5.10 Å². The molecular weight excluding hydrogens is 332 g/mol. The number of benzene rings is 1. The molecule has 116 valence electrons. The minimum absolute atomic E-state index is 0.0289. The van der Waals surface area contributed by atoms with Crippen molar-refractivity contribution in [2.24, 2.45) is 0 Å². The Labute approximate surface area is 135 Å². The molecule has 0 spiro atoms. The Morgan fingerprint density at radius 2 is 1.95 bits per heavy atom. The number of carbonyl (C=O) groups is 1. The van der Waals surface area contributed by atoms with Gasteiger partial charge in [-0.05, 0) is 31.2 Å². The lowest BCUT2D eigenvalue weighted by atomic mass is 10.2. The van der Waals surface area contributed by atoms with Gasteiger partial charge < -0.3 is 4.90 Å². The Morgan fingerprint density at radius 1 is 1.32 bits per heavy atom. The van der Waals surface area contributed by atoms with Crippen LogP contribution in [0, 0.1) is 5.82 Å². The van der Waals surface area contributed by atoms with Crippen molar-refractivity contribution in [3.05, 3.63) is 56.7 Å². The Kier molecular flexibility index (Phi) is 5.15. The number of hydrogen-bond acceptors (Lipinski definition) is 3. The molecule has 0 saturated carbocycles. The van der Waals surface area contributed by atoms with E-state index in [0.717, 1.165) is 4.68 Å². The minimum Gasteiger partial charge on any atom is -0.311 e. The van der Waals surface area contributed by atoms with Crippen molar-refractivity contribution < 1.29 is 9.18 Å². The molecule has 0 fully saturated rings. The van der Waals surface area contributed by atoms with E-state index in [4.69, 9.17) is 23.2 Å². The molecule has 1 heterocycles. The predicted octanol–water partition coefficient (Wildman–Crippen LogP) is 2.74. The second kappa shape index (κ2) is 6.89. The molecule has 1 amide bonds. The summed E-state index contributed by atoms with van der Waals surface area (Å²) in [6.45, 7) is 1.84. The molecule has 0 saturated heterocycles. The SMILES string of the molecule is CCN(C(=O)Cn1ncc(Cl)c(Cl)c1=O)c1ccc(F)cc1. The van der Waals surface area contributed by atoms with Crippen molar-refractivity contribution in [2.45, 2.75) is 13.5 Å². The van der Waals surface area contributed by atoms with Gasteiger partial charge in [-0.25, -0.2) is 9.07 Å². The Hall–Kier alpha value is -1.92. The fourth-order valence-electron chi connectivity index (χ4n) is 1.90. The van der Waals surface area contributed by atoms with Crippen LogP contribution in [0.3, 0.4) is 0 Å². The highest BCUT2D eigenvalue weighted by molar-refractivity contribution is 6.41. The van der Waals surface area contributed by atoms with Crippen molar-refractivity contribution in [3.8, 4) is 0 Å². The summed E-state index contributed by atoms with van der Waals surface area (Å²) in [5.74, 6) is -0.767. The fraction of sp³-hybridized carbons (Fsp3) is 0.214. The van der Waals surface area contributed by atoms with Gasteiger partial charge in [0.1, 0.15) is 17.4 Å². The van der Waals surface area contributed by atoms with Crippen LogP contribution in [0.1, 0.15) is 6.92 Å². The molecular formula is C14H12Cl2FN3O2. The second-order valence-electron chi connectivity index (χ2n) is 4.38. The molecule has 8 heteroatoms. The average molecular weight is 344 g/mol. The van der Waals surface area contributed by atoms with Gasteiger partial charge in [0.2, 0.25) is 5.91 Å². The molecule has 1 aromatic heterocycles. The largest absolute Gasteiger partial charge is 0.311 e. The number of hydrogen-bond donors (Lipinski definition) is 0. The van der Waals surface area contributed by atoms with Crippen molar-refractivity contribution >= 4 is 34.8 Å². The summed E-state index contributed by atoms with van der Waals surface area (Å²) in [7, 11) is 0. The van der Waals surface area contributed by atoms with Crippen LogP contribution in [0.25, 0.3) is 0 Å². The summed E-state index contributed by atoms with van der Waals surface area (Å²) in [6, 6.07) is 5.49. The molecule has 2 aromatic rings. The summed E-state index contributed by atoms with van der Waals surface area (Å²) in [5, 5.41) is 3.63. The van der Waals surface area contributed by atoms with E-state index in [1.165, 1.54) is 35.4 Å². The van der Waals surface area contributed by atoms with Crippen LogP contribution in [0.15, 0.2) is 35.3 Å². The normalized spacial score (nSPS) is 10.5. The Morgan fingerprint density at radius 3 is 2.55 bits per heavy atom. The molecule has 0 aliphatic heterocycles. The molecule has 0 aliphatic rings. The van der Waals surface area contributed by atoms with Crippen LogP contribution in [-0.4, -0.2) is 22.2 Å². The molecule has 0 aliphatic carbocycles. The zero-order valence-corrected chi connectivity index (χ0v) is 13.1. The van der Waals surface area contributed by atoms with E-state index in [9.17, 15) is 14.0 Å². The zero-order valence-electron chi connectivity index (χ0n) is 11.6. The van der Waals surface area contributed by atoms with Gasteiger partial charge in [0.15, 0.2) is 0 Å². The van der Waals surface area contributed by atoms with Crippen LogP contribution >= 0.6 is 23.2 Å². The van der Waals surface area contributed by atoms with E-state index in [0.29, 0.717) is 12.2 Å². The third-order valence-electron chi connectivity index (χ3n) is 2.98. The summed E-state index contributed by atoms with van der Waals surface area (Å²) >= 11 is 11.4. The van der Waals surface area contributed by atoms with Gasteiger partial charge in [0, 0.05) is 12.2 Å². The molecule has 0 radical (unpaired) electrons. The zero-order chi connectivity index (χ0) is 16.3. The first kappa shape index (κ1) is 16.5. The van der Waals surface area contributed by atoms with Crippen LogP contribution in [0.4, 0.5) is 10.1 Å². The van der Waals surface area contributed by atoms with Gasteiger partial charge in [-0.2, -0.15) is 5.10 Å². The van der Waals surface area contributed by atoms with Gasteiger partial charge in [-0.15, -0.1) is 0 Å². The molecule has 22 heavy (non-hydrogen) atoms. The van der Waals surface area contributed by atoms with Crippen LogP contribution in [0.2, 0.25) is 10.0 Å². The lowest BCUT2D eigenvalue weighted by Crippen LogP contribution is -2.37. The third-order valence-corrected chi connectivity index (χ3v) is 3.73. The maximum Gasteiger partial charge on any atom is 0.287 e. The van der Waals surface area contributed by atoms with Gasteiger partial charge in [0.05, 0.1) is 11.2 Å². The van der Waals surface area contributed by atoms with Crippen molar-refractivity contribution in [3.63, 3.8) is 0 Å². The second-order valence-corrected chi connectivity index (χ2v) is 5.17. The molecule has 0 bridgehead atoms. The lowest BCUT2D eigenvalue weighted by molar-refractivity contribution is -0.119. The number of aromatic nitrogens is 2. The number of halogens is 3. The summed E-state index contributed by atoms with van der Waals surface area (Å²) in [5.41, 5.74) is -0.111. The Balaban J connectivity index is 2.25. The van der Waals surface area contributed by atoms with Crippen LogP contribution in [0.5, 0.6) is 0 Å². The number of anilines is 1. The van der Waals surface area contributed by atoms with E-state index in [1.54, 1.807) is 6.92 Å². The number of likely N-dealkylation sites (N-methyl/N-ethyl adjacent to an activating group) is 1. The molecule has 1 aromatic carbocycles. The molecule has 2 rings (SSSR count). The summed E-state index contributed by atoms with van der Waals surface area (Å²) in [6.07, 6.45) is 1.20. The maximum absolute atomic E-state index is 13.0. The summed E-state index contributed by atoms with van der Waals surface area (Å²) in [4.78, 5) is 25.6. The smallest absolute Gasteiger partial charge is 0.287 e. The quantitative estimate of drug-likeness (QED) is 0.857. The number of carbonyl (C=O) groups excluding carboxylic acids is 1. The van der Waals surface area contributed by atoms with Gasteiger partial charge in [-0.3, -0.25) is 9.59 Å². The van der Waals surface area contributed by atoms with Gasteiger partial charge in [0.25, 0.3) is 5.56 Å². The number of rotatable bonds is 4. The first-order chi connectivity index (χ1) is 10.4. The highest BCUT2D eigenvalue weighted by atomic mass is 35.5. The van der Waals surface area contributed by atoms with Crippen LogP contribution in [-0.2, 0) is 11.3 Å². The van der Waals surface area contributed by atoms with Crippen molar-refractivity contribution in [1.29, 1.82) is 0 Å². The molecule has 0 unspecified atom stereocenters. The third kappa shape index (κ3) is 3.45. The molecule has 5 nitrogen and oxygen atoms in total. The minimum atomic E-state index is -0.641. The van der Waals surface area contributed by atoms with Gasteiger partial charge >= 0.3 is 0 Å². The molecule has 0 atom stereocenters. The molecule has 0 N–H and O–H groups in total. The predicted molar refractivity (Wildman–Crippen MR) is 82.9 cm³/mol. The van der Waals surface area contributed by atoms with E-state index < -0.39 is 11.4 Å². The van der Waals surface area contributed by atoms with E-state index in [1.807, 2.05) is 0 Å². The van der Waals surface area contributed by atoms with Crippen molar-refractivity contribution in [2.75, 3.05) is 11.4 Å². The standard InChI is InChI=1S/C14H12Cl2FN3O2/c1-2-19(10-5-3-9(17)4-6-10)12(21)8-20-14(22)13(16)11(15)7-18-20/h3-7H,2,8H2,1H3. The highest BCUT2D eigenvalue weighted by Gasteiger charge is 2.17. The maximum atomic E-state index is 13.0. The average Bonchev–Trinajstić information content (AvgIpc) is 2.50. The highest BCUT2D eigenvalue weighted by Crippen LogP contribution is 2.16. The first-order valence-electron chi connectivity index (χ1n) is 6.41. The van der Waals surface area contributed by atoms with E-state index in [-0.39, 0.29) is 22.5 Å². The summed E-state index contributed by atoms with van der Waals surface area (Å²) < 4.78 is 13.9. The fourth-order valence-corrected chi connectivity index (χ4v) is 2.17. The first-order valence-corrected chi connectivity index (χ1v) is 7.16. The lowest BCUT2D eigenvalue weighted by Gasteiger charge is -2.21. The van der Waals surface area contributed by atoms with Gasteiger partial charge in [-0.1, -0.05) is 23.2 Å². The van der Waals surface area contributed by atoms with E-state index >= 15 is 0 Å². The Bertz CT molecular complexity index is 747. The van der Waals surface area contributed by atoms with Crippen molar-refractivity contribution in [1.82, 2.24) is 9.78 Å². The van der Waals surface area contributed by atoms with Crippen LogP contribution < -0.4 is 10.5 Å². The number of nitrogens with zero attached hydrogens (tertiary/aromatic N) is 3.